The largest absolute Gasteiger partial charge is 0.452 e. The first-order valence-corrected chi connectivity index (χ1v) is 8.38. The molecule has 0 radical (unpaired) electrons. The quantitative estimate of drug-likeness (QED) is 0.636. The molecule has 0 aliphatic heterocycles. The van der Waals surface area contributed by atoms with E-state index in [1.54, 1.807) is 0 Å². The number of nitrogens with zero attached hydrogens (tertiary/aromatic N) is 1. The van der Waals surface area contributed by atoms with Crippen molar-refractivity contribution in [2.45, 2.75) is 6.92 Å². The maximum Gasteiger partial charge on any atom is 0.344 e. The minimum atomic E-state index is -0.961. The predicted octanol–water partition coefficient (Wildman–Crippen LogP) is 4.38. The zero-order chi connectivity index (χ0) is 20.3. The molecule has 3 aromatic rings. The molecular weight excluding hydrogens is 394 g/mol. The molecule has 0 aliphatic rings. The number of para-hydroxylation sites is 1. The van der Waals surface area contributed by atoms with Gasteiger partial charge in [-0.15, -0.1) is 0 Å². The average molecular weight is 407 g/mol. The average Bonchev–Trinajstić information content (AvgIpc) is 3.03. The summed E-state index contributed by atoms with van der Waals surface area (Å²) in [7, 11) is 0. The standard InChI is InChI=1S/C19H13ClF2N2O4/c1-10-16(18(24-28-10)17-11(20)5-4-7-13(17)22)19(26)27-9-15(25)23-14-8-3-2-6-12(14)21/h2-8H,9H2,1H3,(H,23,25). The number of carbonyl (C=O) groups excluding carboxylic acids is 2. The van der Waals surface area contributed by atoms with E-state index < -0.39 is 30.1 Å². The fourth-order valence-corrected chi connectivity index (χ4v) is 2.71. The first-order chi connectivity index (χ1) is 13.4. The molecule has 3 rings (SSSR count). The number of halogens is 3. The lowest BCUT2D eigenvalue weighted by Crippen LogP contribution is -2.21. The minimum Gasteiger partial charge on any atom is -0.452 e. The van der Waals surface area contributed by atoms with Crippen molar-refractivity contribution in [3.63, 3.8) is 0 Å². The number of aromatic nitrogens is 1. The Hall–Kier alpha value is -3.26. The van der Waals surface area contributed by atoms with Crippen molar-refractivity contribution in [1.29, 1.82) is 0 Å². The molecule has 6 nitrogen and oxygen atoms in total. The molecule has 9 heteroatoms. The maximum atomic E-state index is 14.2. The van der Waals surface area contributed by atoms with Crippen molar-refractivity contribution in [2.75, 3.05) is 11.9 Å². The van der Waals surface area contributed by atoms with E-state index in [9.17, 15) is 18.4 Å². The lowest BCUT2D eigenvalue weighted by atomic mass is 10.1. The number of amides is 1. The summed E-state index contributed by atoms with van der Waals surface area (Å²) in [6, 6.07) is 9.52. The van der Waals surface area contributed by atoms with E-state index in [0.717, 1.165) is 6.07 Å². The van der Waals surface area contributed by atoms with Crippen LogP contribution >= 0.6 is 11.6 Å². The minimum absolute atomic E-state index is 0.0274. The van der Waals surface area contributed by atoms with Crippen molar-refractivity contribution in [3.8, 4) is 11.3 Å². The van der Waals surface area contributed by atoms with Gasteiger partial charge >= 0.3 is 5.97 Å². The number of nitrogens with one attached hydrogen (secondary N) is 1. The third kappa shape index (κ3) is 4.01. The van der Waals surface area contributed by atoms with Gasteiger partial charge in [-0.3, -0.25) is 4.79 Å². The second kappa shape index (κ2) is 8.18. The van der Waals surface area contributed by atoms with Gasteiger partial charge in [0.25, 0.3) is 5.91 Å². The summed E-state index contributed by atoms with van der Waals surface area (Å²) >= 11 is 6.01. The second-order valence-corrected chi connectivity index (χ2v) is 6.07. The molecule has 0 atom stereocenters. The fraction of sp³-hybridized carbons (Fsp3) is 0.105. The van der Waals surface area contributed by atoms with Crippen LogP contribution in [-0.4, -0.2) is 23.6 Å². The molecule has 0 aliphatic carbocycles. The lowest BCUT2D eigenvalue weighted by molar-refractivity contribution is -0.119. The molecule has 1 heterocycles. The van der Waals surface area contributed by atoms with E-state index in [1.165, 1.54) is 43.3 Å². The van der Waals surface area contributed by atoms with Gasteiger partial charge in [-0.05, 0) is 31.2 Å². The van der Waals surface area contributed by atoms with Gasteiger partial charge in [-0.1, -0.05) is 35.0 Å². The summed E-state index contributed by atoms with van der Waals surface area (Å²) in [5.74, 6) is -2.98. The number of hydrogen-bond donors (Lipinski definition) is 1. The zero-order valence-corrected chi connectivity index (χ0v) is 15.2. The van der Waals surface area contributed by atoms with E-state index in [4.69, 9.17) is 20.9 Å². The van der Waals surface area contributed by atoms with Crippen LogP contribution in [0, 0.1) is 18.6 Å². The van der Waals surface area contributed by atoms with Crippen LogP contribution in [0.4, 0.5) is 14.5 Å². The highest BCUT2D eigenvalue weighted by Crippen LogP contribution is 2.33. The molecular formula is C19H13ClF2N2O4. The monoisotopic (exact) mass is 406 g/mol. The Bertz CT molecular complexity index is 1030. The number of carbonyl (C=O) groups is 2. The van der Waals surface area contributed by atoms with Crippen molar-refractivity contribution in [1.82, 2.24) is 5.16 Å². The number of benzene rings is 2. The van der Waals surface area contributed by atoms with E-state index in [-0.39, 0.29) is 33.3 Å². The molecule has 144 valence electrons. The molecule has 0 spiro atoms. The summed E-state index contributed by atoms with van der Waals surface area (Å²) in [5, 5.41) is 5.99. The molecule has 0 fully saturated rings. The molecule has 0 saturated heterocycles. The van der Waals surface area contributed by atoms with Crippen LogP contribution in [0.3, 0.4) is 0 Å². The number of rotatable bonds is 5. The highest BCUT2D eigenvalue weighted by Gasteiger charge is 2.27. The van der Waals surface area contributed by atoms with Crippen molar-refractivity contribution in [2.24, 2.45) is 0 Å². The van der Waals surface area contributed by atoms with Gasteiger partial charge in [0, 0.05) is 0 Å². The van der Waals surface area contributed by atoms with Gasteiger partial charge in [0.1, 0.15) is 28.7 Å². The first-order valence-electron chi connectivity index (χ1n) is 8.00. The Labute approximate surface area is 163 Å². The summed E-state index contributed by atoms with van der Waals surface area (Å²) in [6.07, 6.45) is 0. The molecule has 0 saturated carbocycles. The van der Waals surface area contributed by atoms with Crippen molar-refractivity contribution in [3.05, 3.63) is 70.4 Å². The highest BCUT2D eigenvalue weighted by atomic mass is 35.5. The third-order valence-electron chi connectivity index (χ3n) is 3.75. The molecule has 1 aromatic heterocycles. The molecule has 1 N–H and O–H groups in total. The zero-order valence-electron chi connectivity index (χ0n) is 14.5. The SMILES string of the molecule is Cc1onc(-c2c(F)cccc2Cl)c1C(=O)OCC(=O)Nc1ccccc1F. The molecule has 0 unspecified atom stereocenters. The topological polar surface area (TPSA) is 81.4 Å². The van der Waals surface area contributed by atoms with Gasteiger partial charge in [-0.25, -0.2) is 13.6 Å². The van der Waals surface area contributed by atoms with Gasteiger partial charge in [0.05, 0.1) is 16.3 Å². The Morgan fingerprint density at radius 2 is 1.86 bits per heavy atom. The van der Waals surface area contributed by atoms with Crippen LogP contribution in [-0.2, 0) is 9.53 Å². The van der Waals surface area contributed by atoms with Gasteiger partial charge in [-0.2, -0.15) is 0 Å². The number of esters is 1. The van der Waals surface area contributed by atoms with E-state index in [2.05, 4.69) is 10.5 Å². The third-order valence-corrected chi connectivity index (χ3v) is 4.06. The lowest BCUT2D eigenvalue weighted by Gasteiger charge is -2.08. The summed E-state index contributed by atoms with van der Waals surface area (Å²) in [6.45, 7) is 0.740. The van der Waals surface area contributed by atoms with E-state index >= 15 is 0 Å². The first kappa shape index (κ1) is 19.5. The van der Waals surface area contributed by atoms with E-state index in [1.807, 2.05) is 0 Å². The number of hydrogen-bond acceptors (Lipinski definition) is 5. The van der Waals surface area contributed by atoms with Crippen LogP contribution in [0.25, 0.3) is 11.3 Å². The van der Waals surface area contributed by atoms with Gasteiger partial charge < -0.3 is 14.6 Å². The smallest absolute Gasteiger partial charge is 0.344 e. The molecule has 2 aromatic carbocycles. The summed E-state index contributed by atoms with van der Waals surface area (Å²) in [5.41, 5.74) is -0.474. The molecule has 0 bridgehead atoms. The molecule has 28 heavy (non-hydrogen) atoms. The van der Waals surface area contributed by atoms with Crippen LogP contribution < -0.4 is 5.32 Å². The van der Waals surface area contributed by atoms with Gasteiger partial charge in [0.2, 0.25) is 0 Å². The maximum absolute atomic E-state index is 14.2. The summed E-state index contributed by atoms with van der Waals surface area (Å²) in [4.78, 5) is 24.3. The second-order valence-electron chi connectivity index (χ2n) is 5.66. The van der Waals surface area contributed by atoms with Crippen molar-refractivity contribution >= 4 is 29.2 Å². The van der Waals surface area contributed by atoms with Crippen LogP contribution in [0.2, 0.25) is 5.02 Å². The molecule has 1 amide bonds. The Morgan fingerprint density at radius 3 is 2.57 bits per heavy atom. The highest BCUT2D eigenvalue weighted by molar-refractivity contribution is 6.33. The van der Waals surface area contributed by atoms with Crippen LogP contribution in [0.1, 0.15) is 16.1 Å². The Kier molecular flexibility index (Phi) is 5.70. The van der Waals surface area contributed by atoms with E-state index in [0.29, 0.717) is 0 Å². The normalized spacial score (nSPS) is 10.6. The Morgan fingerprint density at radius 1 is 1.14 bits per heavy atom. The fourth-order valence-electron chi connectivity index (χ4n) is 2.46. The van der Waals surface area contributed by atoms with Crippen molar-refractivity contribution < 1.29 is 27.6 Å². The number of aryl methyl sites for hydroxylation is 1. The Balaban J connectivity index is 1.76. The van der Waals surface area contributed by atoms with Gasteiger partial charge in [0.15, 0.2) is 6.61 Å². The number of anilines is 1. The van der Waals surface area contributed by atoms with Crippen LogP contribution in [0.5, 0.6) is 0 Å². The predicted molar refractivity (Wildman–Crippen MR) is 97.0 cm³/mol. The van der Waals surface area contributed by atoms with Crippen LogP contribution in [0.15, 0.2) is 47.0 Å². The summed E-state index contributed by atoms with van der Waals surface area (Å²) < 4.78 is 37.6. The number of ether oxygens (including phenoxy) is 1.